The fourth-order valence-electron chi connectivity index (χ4n) is 4.40. The minimum absolute atomic E-state index is 0.157. The molecule has 0 amide bonds. The molecule has 0 spiro atoms. The molecule has 1 fully saturated rings. The van der Waals surface area contributed by atoms with Crippen molar-refractivity contribution in [3.05, 3.63) is 60.7 Å². The summed E-state index contributed by atoms with van der Waals surface area (Å²) in [7, 11) is 0. The molecule has 4 nitrogen and oxygen atoms in total. The Morgan fingerprint density at radius 1 is 0.867 bits per heavy atom. The Hall–Kier alpha value is -2.33. The lowest BCUT2D eigenvalue weighted by Crippen LogP contribution is -2.39. The van der Waals surface area contributed by atoms with Gasteiger partial charge in [0.1, 0.15) is 0 Å². The highest BCUT2D eigenvalue weighted by atomic mass is 16.4. The molecule has 0 unspecified atom stereocenters. The molecule has 0 aliphatic carbocycles. The van der Waals surface area contributed by atoms with Gasteiger partial charge in [0, 0.05) is 24.5 Å². The molecule has 1 saturated heterocycles. The Kier molecular flexibility index (Phi) is 9.23. The number of aliphatic carboxylic acids is 1. The highest BCUT2D eigenvalue weighted by molar-refractivity contribution is 5.70. The van der Waals surface area contributed by atoms with E-state index in [4.69, 9.17) is 0 Å². The summed E-state index contributed by atoms with van der Waals surface area (Å²) < 4.78 is 0. The van der Waals surface area contributed by atoms with Crippen LogP contribution in [0.1, 0.15) is 51.4 Å². The molecule has 1 N–H and O–H groups in total. The predicted octanol–water partition coefficient (Wildman–Crippen LogP) is 5.96. The first-order chi connectivity index (χ1) is 14.7. The van der Waals surface area contributed by atoms with Crippen LogP contribution in [0.2, 0.25) is 0 Å². The van der Waals surface area contributed by atoms with Crippen molar-refractivity contribution < 1.29 is 9.90 Å². The minimum atomic E-state index is -0.625. The van der Waals surface area contributed by atoms with Crippen LogP contribution in [0.3, 0.4) is 0 Å². The summed E-state index contributed by atoms with van der Waals surface area (Å²) in [5.74, 6) is -0.782. The second kappa shape index (κ2) is 12.4. The van der Waals surface area contributed by atoms with Gasteiger partial charge in [0.2, 0.25) is 0 Å². The third-order valence-electron chi connectivity index (χ3n) is 6.10. The molecule has 0 saturated carbocycles. The first-order valence-electron chi connectivity index (χ1n) is 11.6. The number of para-hydroxylation sites is 2. The molecule has 0 radical (unpaired) electrons. The van der Waals surface area contributed by atoms with Crippen LogP contribution in [0, 0.1) is 5.92 Å². The maximum Gasteiger partial charge on any atom is 0.307 e. The molecular weight excluding hydrogens is 372 g/mol. The normalized spacial score (nSPS) is 17.0. The summed E-state index contributed by atoms with van der Waals surface area (Å²) in [5, 5.41) is 9.20. The fraction of sp³-hybridized carbons (Fsp3) is 0.500. The maximum atomic E-state index is 11.2. The zero-order valence-corrected chi connectivity index (χ0v) is 18.1. The van der Waals surface area contributed by atoms with E-state index in [0.717, 1.165) is 39.0 Å². The summed E-state index contributed by atoms with van der Waals surface area (Å²) >= 11 is 0. The Morgan fingerprint density at radius 3 is 2.03 bits per heavy atom. The molecular formula is C26H36N2O2. The number of likely N-dealkylation sites (tertiary alicyclic amines) is 1. The number of anilines is 2. The second-order valence-corrected chi connectivity index (χ2v) is 8.42. The molecule has 30 heavy (non-hydrogen) atoms. The van der Waals surface area contributed by atoms with Gasteiger partial charge in [-0.1, -0.05) is 62.1 Å². The van der Waals surface area contributed by atoms with E-state index in [1.54, 1.807) is 0 Å². The molecule has 2 aromatic carbocycles. The zero-order chi connectivity index (χ0) is 21.0. The average Bonchev–Trinajstić information content (AvgIpc) is 2.79. The SMILES string of the molecule is O=C(O)[C@@H]1CCCN(CCCCCCCCN(c2ccccc2)c2ccccc2)C1. The number of carboxylic acid groups (broad SMARTS) is 1. The highest BCUT2D eigenvalue weighted by Gasteiger charge is 2.24. The lowest BCUT2D eigenvalue weighted by atomic mass is 9.98. The van der Waals surface area contributed by atoms with Crippen LogP contribution in [0.4, 0.5) is 11.4 Å². The quantitative estimate of drug-likeness (QED) is 0.440. The molecule has 3 rings (SSSR count). The number of unbranched alkanes of at least 4 members (excludes halogenated alkanes) is 5. The van der Waals surface area contributed by atoms with Gasteiger partial charge in [0.25, 0.3) is 0 Å². The first kappa shape index (κ1) is 22.4. The number of carboxylic acids is 1. The van der Waals surface area contributed by atoms with E-state index < -0.39 is 5.97 Å². The predicted molar refractivity (Wildman–Crippen MR) is 124 cm³/mol. The summed E-state index contributed by atoms with van der Waals surface area (Å²) in [6.45, 7) is 3.90. The smallest absolute Gasteiger partial charge is 0.307 e. The zero-order valence-electron chi connectivity index (χ0n) is 18.1. The third-order valence-corrected chi connectivity index (χ3v) is 6.10. The largest absolute Gasteiger partial charge is 0.481 e. The second-order valence-electron chi connectivity index (χ2n) is 8.42. The van der Waals surface area contributed by atoms with Gasteiger partial charge < -0.3 is 14.9 Å². The molecule has 0 aromatic heterocycles. The van der Waals surface area contributed by atoms with E-state index in [1.165, 1.54) is 49.9 Å². The lowest BCUT2D eigenvalue weighted by Gasteiger charge is -2.30. The lowest BCUT2D eigenvalue weighted by molar-refractivity contribution is -0.143. The van der Waals surface area contributed by atoms with E-state index in [-0.39, 0.29) is 5.92 Å². The number of hydrogen-bond acceptors (Lipinski definition) is 3. The van der Waals surface area contributed by atoms with E-state index in [1.807, 2.05) is 0 Å². The van der Waals surface area contributed by atoms with Crippen LogP contribution < -0.4 is 4.90 Å². The highest BCUT2D eigenvalue weighted by Crippen LogP contribution is 2.25. The molecule has 0 bridgehead atoms. The monoisotopic (exact) mass is 408 g/mol. The Labute approximate surface area is 181 Å². The van der Waals surface area contributed by atoms with E-state index in [2.05, 4.69) is 70.5 Å². The number of hydrogen-bond donors (Lipinski definition) is 1. The van der Waals surface area contributed by atoms with Crippen LogP contribution in [-0.2, 0) is 4.79 Å². The molecule has 1 aliphatic rings. The minimum Gasteiger partial charge on any atom is -0.481 e. The Balaban J connectivity index is 1.32. The Bertz CT molecular complexity index is 696. The number of benzene rings is 2. The van der Waals surface area contributed by atoms with Crippen molar-refractivity contribution in [2.75, 3.05) is 31.1 Å². The molecule has 1 aliphatic heterocycles. The summed E-state index contributed by atoms with van der Waals surface area (Å²) in [6, 6.07) is 21.3. The molecule has 162 valence electrons. The van der Waals surface area contributed by atoms with Gasteiger partial charge in [-0.15, -0.1) is 0 Å². The van der Waals surface area contributed by atoms with E-state index >= 15 is 0 Å². The molecule has 1 heterocycles. The summed E-state index contributed by atoms with van der Waals surface area (Å²) in [5.41, 5.74) is 2.51. The van der Waals surface area contributed by atoms with E-state index in [0.29, 0.717) is 0 Å². The summed E-state index contributed by atoms with van der Waals surface area (Å²) in [4.78, 5) is 15.9. The fourth-order valence-corrected chi connectivity index (χ4v) is 4.40. The first-order valence-corrected chi connectivity index (χ1v) is 11.6. The van der Waals surface area contributed by atoms with Gasteiger partial charge in [0.15, 0.2) is 0 Å². The molecule has 4 heteroatoms. The van der Waals surface area contributed by atoms with Gasteiger partial charge in [-0.3, -0.25) is 4.79 Å². The van der Waals surface area contributed by atoms with Gasteiger partial charge in [-0.05, 0) is 63.0 Å². The number of nitrogens with zero attached hydrogens (tertiary/aromatic N) is 2. The van der Waals surface area contributed by atoms with Gasteiger partial charge in [-0.2, -0.15) is 0 Å². The molecule has 1 atom stereocenters. The van der Waals surface area contributed by atoms with Crippen LogP contribution in [0.15, 0.2) is 60.7 Å². The van der Waals surface area contributed by atoms with Crippen LogP contribution in [0.25, 0.3) is 0 Å². The average molecular weight is 409 g/mol. The van der Waals surface area contributed by atoms with Crippen molar-refractivity contribution in [2.45, 2.75) is 51.4 Å². The van der Waals surface area contributed by atoms with Crippen molar-refractivity contribution >= 4 is 17.3 Å². The molecule has 2 aromatic rings. The summed E-state index contributed by atoms with van der Waals surface area (Å²) in [6.07, 6.45) is 9.28. The topological polar surface area (TPSA) is 43.8 Å². The van der Waals surface area contributed by atoms with Crippen molar-refractivity contribution in [1.29, 1.82) is 0 Å². The van der Waals surface area contributed by atoms with Gasteiger partial charge >= 0.3 is 5.97 Å². The third kappa shape index (κ3) is 7.17. The van der Waals surface area contributed by atoms with E-state index in [9.17, 15) is 9.90 Å². The van der Waals surface area contributed by atoms with Crippen molar-refractivity contribution in [1.82, 2.24) is 4.90 Å². The van der Waals surface area contributed by atoms with Gasteiger partial charge in [0.05, 0.1) is 5.92 Å². The number of rotatable bonds is 12. The number of carbonyl (C=O) groups is 1. The van der Waals surface area contributed by atoms with Crippen molar-refractivity contribution in [3.8, 4) is 0 Å². The maximum absolute atomic E-state index is 11.2. The van der Waals surface area contributed by atoms with Crippen molar-refractivity contribution in [3.63, 3.8) is 0 Å². The van der Waals surface area contributed by atoms with Crippen molar-refractivity contribution in [2.24, 2.45) is 5.92 Å². The van der Waals surface area contributed by atoms with Crippen LogP contribution in [0.5, 0.6) is 0 Å². The van der Waals surface area contributed by atoms with Gasteiger partial charge in [-0.25, -0.2) is 0 Å². The van der Waals surface area contributed by atoms with Crippen LogP contribution in [-0.4, -0.2) is 42.2 Å². The Morgan fingerprint density at radius 2 is 1.43 bits per heavy atom. The van der Waals surface area contributed by atoms with Crippen LogP contribution >= 0.6 is 0 Å². The standard InChI is InChI=1S/C26H36N2O2/c29-26(30)23-14-13-20-27(22-23)19-11-3-1-2-4-12-21-28(24-15-7-5-8-16-24)25-17-9-6-10-18-25/h5-10,15-18,23H,1-4,11-14,19-22H2,(H,29,30)/t23-/m1/s1. The number of piperidine rings is 1.